The maximum Gasteiger partial charge on any atom is 0.271 e. The van der Waals surface area contributed by atoms with Gasteiger partial charge in [-0.3, -0.25) is 15.1 Å². The molecule has 104 valence electrons. The van der Waals surface area contributed by atoms with Gasteiger partial charge in [0.15, 0.2) is 0 Å². The molecule has 0 atom stereocenters. The number of pyridine rings is 1. The molecular formula is C14H16N4O2. The van der Waals surface area contributed by atoms with Crippen molar-refractivity contribution in [2.45, 2.75) is 6.42 Å². The predicted molar refractivity (Wildman–Crippen MR) is 78.7 cm³/mol. The van der Waals surface area contributed by atoms with Crippen molar-refractivity contribution < 1.29 is 4.92 Å². The summed E-state index contributed by atoms with van der Waals surface area (Å²) < 4.78 is 0. The minimum absolute atomic E-state index is 0.00405. The zero-order valence-corrected chi connectivity index (χ0v) is 11.2. The lowest BCUT2D eigenvalue weighted by Crippen LogP contribution is -2.21. The molecule has 0 radical (unpaired) electrons. The summed E-state index contributed by atoms with van der Waals surface area (Å²) in [6.45, 7) is 0.735. The van der Waals surface area contributed by atoms with Crippen LogP contribution in [0.3, 0.4) is 0 Å². The molecule has 0 saturated carbocycles. The van der Waals surface area contributed by atoms with Gasteiger partial charge in [-0.1, -0.05) is 6.07 Å². The number of aromatic nitrogens is 1. The van der Waals surface area contributed by atoms with Gasteiger partial charge in [-0.05, 0) is 18.2 Å². The van der Waals surface area contributed by atoms with E-state index in [1.165, 1.54) is 12.1 Å². The number of rotatable bonds is 5. The van der Waals surface area contributed by atoms with Crippen LogP contribution >= 0.6 is 0 Å². The number of anilines is 2. The Morgan fingerprint density at radius 2 is 2.15 bits per heavy atom. The highest BCUT2D eigenvalue weighted by Crippen LogP contribution is 2.26. The van der Waals surface area contributed by atoms with Gasteiger partial charge in [-0.25, -0.2) is 0 Å². The zero-order valence-electron chi connectivity index (χ0n) is 11.2. The maximum atomic E-state index is 10.7. The van der Waals surface area contributed by atoms with Gasteiger partial charge in [0, 0.05) is 44.0 Å². The Morgan fingerprint density at radius 1 is 1.35 bits per heavy atom. The molecule has 20 heavy (non-hydrogen) atoms. The number of hydrogen-bond acceptors (Lipinski definition) is 5. The monoisotopic (exact) mass is 272 g/mol. The van der Waals surface area contributed by atoms with Gasteiger partial charge in [-0.15, -0.1) is 0 Å². The van der Waals surface area contributed by atoms with Crippen LogP contribution < -0.4 is 10.6 Å². The van der Waals surface area contributed by atoms with Crippen molar-refractivity contribution in [3.05, 3.63) is 58.4 Å². The summed E-state index contributed by atoms with van der Waals surface area (Å²) in [6, 6.07) is 10.3. The van der Waals surface area contributed by atoms with Gasteiger partial charge in [0.05, 0.1) is 16.3 Å². The lowest BCUT2D eigenvalue weighted by Gasteiger charge is -2.20. The number of benzene rings is 1. The fraction of sp³-hybridized carbons (Fsp3) is 0.214. The third kappa shape index (κ3) is 3.23. The van der Waals surface area contributed by atoms with E-state index in [1.54, 1.807) is 12.3 Å². The van der Waals surface area contributed by atoms with Gasteiger partial charge in [0.1, 0.15) is 0 Å². The van der Waals surface area contributed by atoms with Crippen molar-refractivity contribution in [3.8, 4) is 0 Å². The predicted octanol–water partition coefficient (Wildman–Crippen LogP) is 2.25. The van der Waals surface area contributed by atoms with E-state index in [0.717, 1.165) is 24.3 Å². The van der Waals surface area contributed by atoms with Gasteiger partial charge in [-0.2, -0.15) is 0 Å². The van der Waals surface area contributed by atoms with Crippen LogP contribution in [0.5, 0.6) is 0 Å². The SMILES string of the molecule is CN(CCc1ccccn1)c1ccc([N+](=O)[O-])cc1N. The lowest BCUT2D eigenvalue weighted by molar-refractivity contribution is -0.384. The first-order chi connectivity index (χ1) is 9.58. The Morgan fingerprint density at radius 3 is 2.75 bits per heavy atom. The fourth-order valence-electron chi connectivity index (χ4n) is 1.95. The summed E-state index contributed by atoms with van der Waals surface area (Å²) in [5.74, 6) is 0. The molecule has 1 aromatic carbocycles. The highest BCUT2D eigenvalue weighted by Gasteiger charge is 2.11. The standard InChI is InChI=1S/C14H16N4O2/c1-17(9-7-11-4-2-3-8-16-11)14-6-5-12(18(19)20)10-13(14)15/h2-6,8,10H,7,9,15H2,1H3. The number of hydrogen-bond donors (Lipinski definition) is 1. The second-order valence-corrected chi connectivity index (χ2v) is 4.49. The first kappa shape index (κ1) is 13.8. The van der Waals surface area contributed by atoms with Gasteiger partial charge in [0.2, 0.25) is 0 Å². The summed E-state index contributed by atoms with van der Waals surface area (Å²) in [6.07, 6.45) is 2.54. The molecule has 1 heterocycles. The number of nitrogens with zero attached hydrogens (tertiary/aromatic N) is 3. The van der Waals surface area contributed by atoms with Gasteiger partial charge in [0.25, 0.3) is 5.69 Å². The van der Waals surface area contributed by atoms with E-state index in [1.807, 2.05) is 30.1 Å². The number of non-ortho nitro benzene ring substituents is 1. The molecule has 0 aliphatic rings. The molecule has 2 rings (SSSR count). The molecule has 0 saturated heterocycles. The van der Waals surface area contributed by atoms with Crippen molar-refractivity contribution in [2.75, 3.05) is 24.2 Å². The molecule has 0 spiro atoms. The van der Waals surface area contributed by atoms with E-state index in [-0.39, 0.29) is 5.69 Å². The Bertz CT molecular complexity index is 601. The minimum atomic E-state index is -0.450. The maximum absolute atomic E-state index is 10.7. The van der Waals surface area contributed by atoms with E-state index in [2.05, 4.69) is 4.98 Å². The molecule has 1 aromatic heterocycles. The van der Waals surface area contributed by atoms with Crippen LogP contribution in [0, 0.1) is 10.1 Å². The number of nitrogen functional groups attached to an aromatic ring is 1. The van der Waals surface area contributed by atoms with Crippen LogP contribution in [0.1, 0.15) is 5.69 Å². The third-order valence-electron chi connectivity index (χ3n) is 3.06. The van der Waals surface area contributed by atoms with Gasteiger partial charge < -0.3 is 10.6 Å². The molecule has 2 N–H and O–H groups in total. The third-order valence-corrected chi connectivity index (χ3v) is 3.06. The van der Waals surface area contributed by atoms with E-state index >= 15 is 0 Å². The Labute approximate surface area is 117 Å². The second-order valence-electron chi connectivity index (χ2n) is 4.49. The highest BCUT2D eigenvalue weighted by molar-refractivity contribution is 5.70. The summed E-state index contributed by atoms with van der Waals surface area (Å²) in [5.41, 5.74) is 8.06. The van der Waals surface area contributed by atoms with Crippen LogP contribution in [0.15, 0.2) is 42.6 Å². The number of likely N-dealkylation sites (N-methyl/N-ethyl adjacent to an activating group) is 1. The van der Waals surface area contributed by atoms with E-state index in [0.29, 0.717) is 5.69 Å². The smallest absolute Gasteiger partial charge is 0.271 e. The Hall–Kier alpha value is -2.63. The van der Waals surface area contributed by atoms with Crippen molar-refractivity contribution >= 4 is 17.1 Å². The fourth-order valence-corrected chi connectivity index (χ4v) is 1.95. The molecule has 6 nitrogen and oxygen atoms in total. The van der Waals surface area contributed by atoms with Crippen LogP contribution in [0.2, 0.25) is 0 Å². The quantitative estimate of drug-likeness (QED) is 0.512. The largest absolute Gasteiger partial charge is 0.397 e. The van der Waals surface area contributed by atoms with Crippen molar-refractivity contribution in [1.82, 2.24) is 4.98 Å². The van der Waals surface area contributed by atoms with Crippen LogP contribution in [0.25, 0.3) is 0 Å². The number of nitrogens with two attached hydrogens (primary N) is 1. The topological polar surface area (TPSA) is 85.3 Å². The van der Waals surface area contributed by atoms with E-state index in [9.17, 15) is 10.1 Å². The molecule has 6 heteroatoms. The lowest BCUT2D eigenvalue weighted by atomic mass is 10.2. The molecule has 0 unspecified atom stereocenters. The van der Waals surface area contributed by atoms with Crippen molar-refractivity contribution in [2.24, 2.45) is 0 Å². The molecule has 0 bridgehead atoms. The molecule has 0 fully saturated rings. The zero-order chi connectivity index (χ0) is 14.5. The van der Waals surface area contributed by atoms with Crippen LogP contribution in [0.4, 0.5) is 17.1 Å². The number of nitro benzene ring substituents is 1. The van der Waals surface area contributed by atoms with Crippen molar-refractivity contribution in [1.29, 1.82) is 0 Å². The Kier molecular flexibility index (Phi) is 4.14. The van der Waals surface area contributed by atoms with Crippen LogP contribution in [-0.4, -0.2) is 23.5 Å². The average molecular weight is 272 g/mol. The minimum Gasteiger partial charge on any atom is -0.397 e. The Balaban J connectivity index is 2.06. The first-order valence-electron chi connectivity index (χ1n) is 6.23. The second kappa shape index (κ2) is 6.01. The molecule has 0 aliphatic heterocycles. The summed E-state index contributed by atoms with van der Waals surface area (Å²) in [5, 5.41) is 10.7. The molecular weight excluding hydrogens is 256 g/mol. The van der Waals surface area contributed by atoms with E-state index < -0.39 is 4.92 Å². The normalized spacial score (nSPS) is 10.2. The van der Waals surface area contributed by atoms with Crippen LogP contribution in [-0.2, 0) is 6.42 Å². The summed E-state index contributed by atoms with van der Waals surface area (Å²) in [7, 11) is 1.90. The van der Waals surface area contributed by atoms with Gasteiger partial charge >= 0.3 is 0 Å². The molecule has 2 aromatic rings. The summed E-state index contributed by atoms with van der Waals surface area (Å²) in [4.78, 5) is 16.4. The first-order valence-corrected chi connectivity index (χ1v) is 6.23. The summed E-state index contributed by atoms with van der Waals surface area (Å²) >= 11 is 0. The van der Waals surface area contributed by atoms with Crippen molar-refractivity contribution in [3.63, 3.8) is 0 Å². The molecule has 0 aliphatic carbocycles. The number of nitro groups is 1. The molecule has 0 amide bonds. The van der Waals surface area contributed by atoms with E-state index in [4.69, 9.17) is 5.73 Å². The average Bonchev–Trinajstić information content (AvgIpc) is 2.45. The highest BCUT2D eigenvalue weighted by atomic mass is 16.6.